The number of aromatic nitrogens is 5. The molecule has 0 spiro atoms. The molecule has 0 aliphatic heterocycles. The second-order valence-corrected chi connectivity index (χ2v) is 4.37. The van der Waals surface area contributed by atoms with Crippen LogP contribution in [0.15, 0.2) is 12.4 Å². The third-order valence-electron chi connectivity index (χ3n) is 3.25. The molecule has 0 atom stereocenters. The molecule has 0 aromatic carbocycles. The molecule has 2 heterocycles. The summed E-state index contributed by atoms with van der Waals surface area (Å²) in [6.07, 6.45) is 10.0. The average Bonchev–Trinajstić information content (AvgIpc) is 3.01. The lowest BCUT2D eigenvalue weighted by atomic mass is 9.89. The molecule has 0 amide bonds. The van der Waals surface area contributed by atoms with E-state index in [1.54, 1.807) is 6.20 Å². The largest absolute Gasteiger partial charge is 0.285 e. The van der Waals surface area contributed by atoms with Crippen molar-refractivity contribution in [2.24, 2.45) is 0 Å². The summed E-state index contributed by atoms with van der Waals surface area (Å²) >= 11 is 0. The number of rotatable bonds is 2. The van der Waals surface area contributed by atoms with Gasteiger partial charge in [-0.3, -0.25) is 10.2 Å². The molecule has 2 N–H and O–H groups in total. The molecule has 1 saturated carbocycles. The van der Waals surface area contributed by atoms with Gasteiger partial charge in [-0.25, -0.2) is 4.98 Å². The standard InChI is InChI=1S/C11H15N5/c1-2-4-8(5-3-1)10-14-11(16-15-10)9-6-12-13-7-9/h6-8H,1-5H2,(H,12,13)(H,14,15,16). The minimum Gasteiger partial charge on any atom is -0.285 e. The van der Waals surface area contributed by atoms with Gasteiger partial charge in [0.1, 0.15) is 5.82 Å². The van der Waals surface area contributed by atoms with E-state index in [4.69, 9.17) is 0 Å². The molecule has 5 heteroatoms. The predicted molar refractivity (Wildman–Crippen MR) is 59.8 cm³/mol. The number of hydrogen-bond acceptors (Lipinski definition) is 3. The predicted octanol–water partition coefficient (Wildman–Crippen LogP) is 2.24. The maximum atomic E-state index is 4.55. The second kappa shape index (κ2) is 4.08. The minimum absolute atomic E-state index is 0.571. The monoisotopic (exact) mass is 217 g/mol. The van der Waals surface area contributed by atoms with Gasteiger partial charge in [-0.2, -0.15) is 10.2 Å². The summed E-state index contributed by atoms with van der Waals surface area (Å²) in [7, 11) is 0. The number of nitrogens with one attached hydrogen (secondary N) is 2. The molecule has 0 bridgehead atoms. The van der Waals surface area contributed by atoms with E-state index in [1.165, 1.54) is 32.1 Å². The summed E-state index contributed by atoms with van der Waals surface area (Å²) in [5.41, 5.74) is 0.943. The summed E-state index contributed by atoms with van der Waals surface area (Å²) in [4.78, 5) is 4.55. The molecular formula is C11H15N5. The molecule has 2 aromatic rings. The Bertz CT molecular complexity index is 439. The van der Waals surface area contributed by atoms with Crippen molar-refractivity contribution < 1.29 is 0 Å². The molecule has 84 valence electrons. The first-order chi connectivity index (χ1) is 7.93. The van der Waals surface area contributed by atoms with Crippen LogP contribution in [0.1, 0.15) is 43.8 Å². The molecule has 16 heavy (non-hydrogen) atoms. The van der Waals surface area contributed by atoms with Gasteiger partial charge < -0.3 is 0 Å². The minimum atomic E-state index is 0.571. The summed E-state index contributed by atoms with van der Waals surface area (Å²) in [5, 5.41) is 14.0. The van der Waals surface area contributed by atoms with E-state index in [-0.39, 0.29) is 0 Å². The van der Waals surface area contributed by atoms with Gasteiger partial charge in [0, 0.05) is 12.1 Å². The van der Waals surface area contributed by atoms with Crippen molar-refractivity contribution in [2.45, 2.75) is 38.0 Å². The molecule has 5 nitrogen and oxygen atoms in total. The van der Waals surface area contributed by atoms with E-state index in [2.05, 4.69) is 25.4 Å². The lowest BCUT2D eigenvalue weighted by molar-refractivity contribution is 0.429. The van der Waals surface area contributed by atoms with Gasteiger partial charge in [0.2, 0.25) is 0 Å². The summed E-state index contributed by atoms with van der Waals surface area (Å²) in [6, 6.07) is 0. The van der Waals surface area contributed by atoms with E-state index in [1.807, 2.05) is 6.20 Å². The first kappa shape index (κ1) is 9.57. The van der Waals surface area contributed by atoms with Gasteiger partial charge in [0.15, 0.2) is 5.82 Å². The Kier molecular flexibility index (Phi) is 2.44. The smallest absolute Gasteiger partial charge is 0.184 e. The maximum Gasteiger partial charge on any atom is 0.184 e. The van der Waals surface area contributed by atoms with Crippen molar-refractivity contribution in [3.63, 3.8) is 0 Å². The summed E-state index contributed by atoms with van der Waals surface area (Å²) in [6.45, 7) is 0. The Morgan fingerprint density at radius 2 is 2.06 bits per heavy atom. The van der Waals surface area contributed by atoms with Crippen molar-refractivity contribution in [1.29, 1.82) is 0 Å². The normalized spacial score (nSPS) is 17.8. The SMILES string of the molecule is c1n[nH]cc1-c1n[nH]c(C2CCCCC2)n1. The number of aromatic amines is 2. The highest BCUT2D eigenvalue weighted by Crippen LogP contribution is 2.31. The van der Waals surface area contributed by atoms with Crippen LogP contribution in [0.4, 0.5) is 0 Å². The quantitative estimate of drug-likeness (QED) is 0.810. The zero-order valence-corrected chi connectivity index (χ0v) is 9.11. The summed E-state index contributed by atoms with van der Waals surface area (Å²) < 4.78 is 0. The first-order valence-electron chi connectivity index (χ1n) is 5.85. The zero-order chi connectivity index (χ0) is 10.8. The van der Waals surface area contributed by atoms with Crippen molar-refractivity contribution >= 4 is 0 Å². The zero-order valence-electron chi connectivity index (χ0n) is 9.11. The van der Waals surface area contributed by atoms with E-state index >= 15 is 0 Å². The lowest BCUT2D eigenvalue weighted by Gasteiger charge is -2.18. The lowest BCUT2D eigenvalue weighted by Crippen LogP contribution is -2.06. The van der Waals surface area contributed by atoms with E-state index in [0.717, 1.165) is 17.2 Å². The van der Waals surface area contributed by atoms with Gasteiger partial charge in [-0.15, -0.1) is 0 Å². The van der Waals surface area contributed by atoms with Crippen molar-refractivity contribution in [2.75, 3.05) is 0 Å². The van der Waals surface area contributed by atoms with Gasteiger partial charge in [-0.1, -0.05) is 19.3 Å². The Hall–Kier alpha value is -1.65. The van der Waals surface area contributed by atoms with Gasteiger partial charge in [-0.05, 0) is 12.8 Å². The molecule has 1 aliphatic rings. The van der Waals surface area contributed by atoms with Gasteiger partial charge in [0.25, 0.3) is 0 Å². The first-order valence-corrected chi connectivity index (χ1v) is 5.85. The van der Waals surface area contributed by atoms with Crippen LogP contribution < -0.4 is 0 Å². The molecule has 0 radical (unpaired) electrons. The average molecular weight is 217 g/mol. The third kappa shape index (κ3) is 1.73. The molecule has 0 saturated heterocycles. The second-order valence-electron chi connectivity index (χ2n) is 4.37. The number of hydrogen-bond donors (Lipinski definition) is 2. The van der Waals surface area contributed by atoms with E-state index in [0.29, 0.717) is 5.92 Å². The van der Waals surface area contributed by atoms with Crippen LogP contribution in [0.25, 0.3) is 11.4 Å². The topological polar surface area (TPSA) is 70.2 Å². The number of H-pyrrole nitrogens is 2. The van der Waals surface area contributed by atoms with Crippen LogP contribution in [0.3, 0.4) is 0 Å². The fourth-order valence-electron chi connectivity index (χ4n) is 2.34. The fourth-order valence-corrected chi connectivity index (χ4v) is 2.34. The van der Waals surface area contributed by atoms with Crippen LogP contribution in [-0.2, 0) is 0 Å². The Labute approximate surface area is 93.7 Å². The van der Waals surface area contributed by atoms with E-state index in [9.17, 15) is 0 Å². The molecular weight excluding hydrogens is 202 g/mol. The van der Waals surface area contributed by atoms with E-state index < -0.39 is 0 Å². The van der Waals surface area contributed by atoms with Crippen LogP contribution in [-0.4, -0.2) is 25.4 Å². The van der Waals surface area contributed by atoms with Crippen LogP contribution >= 0.6 is 0 Å². The third-order valence-corrected chi connectivity index (χ3v) is 3.25. The van der Waals surface area contributed by atoms with Crippen molar-refractivity contribution in [1.82, 2.24) is 25.4 Å². The Morgan fingerprint density at radius 1 is 1.19 bits per heavy atom. The van der Waals surface area contributed by atoms with Crippen molar-refractivity contribution in [3.05, 3.63) is 18.2 Å². The molecule has 1 fully saturated rings. The van der Waals surface area contributed by atoms with Gasteiger partial charge in [0.05, 0.1) is 11.8 Å². The fraction of sp³-hybridized carbons (Fsp3) is 0.545. The van der Waals surface area contributed by atoms with Crippen LogP contribution in [0, 0.1) is 0 Å². The van der Waals surface area contributed by atoms with Crippen LogP contribution in [0.5, 0.6) is 0 Å². The Balaban J connectivity index is 1.82. The Morgan fingerprint density at radius 3 is 2.81 bits per heavy atom. The molecule has 1 aliphatic carbocycles. The molecule has 2 aromatic heterocycles. The highest BCUT2D eigenvalue weighted by Gasteiger charge is 2.19. The summed E-state index contributed by atoms with van der Waals surface area (Å²) in [5.74, 6) is 2.35. The maximum absolute atomic E-state index is 4.55. The highest BCUT2D eigenvalue weighted by atomic mass is 15.2. The highest BCUT2D eigenvalue weighted by molar-refractivity contribution is 5.51. The number of nitrogens with zero attached hydrogens (tertiary/aromatic N) is 3. The van der Waals surface area contributed by atoms with Crippen molar-refractivity contribution in [3.8, 4) is 11.4 Å². The molecule has 0 unspecified atom stereocenters. The molecule has 3 rings (SSSR count). The van der Waals surface area contributed by atoms with Gasteiger partial charge >= 0.3 is 0 Å². The van der Waals surface area contributed by atoms with Crippen LogP contribution in [0.2, 0.25) is 0 Å².